The Morgan fingerprint density at radius 2 is 1.90 bits per heavy atom. The molecule has 1 amide bonds. The predicted molar refractivity (Wildman–Crippen MR) is 108 cm³/mol. The average molecular weight is 398 g/mol. The first-order chi connectivity index (χ1) is 14.0. The number of carbonyl (C=O) groups is 1. The molecule has 4 rings (SSSR count). The van der Waals surface area contributed by atoms with E-state index in [4.69, 9.17) is 0 Å². The number of hydrogen-bond acceptors (Lipinski definition) is 7. The number of amides is 1. The van der Waals surface area contributed by atoms with Crippen LogP contribution in [0.2, 0.25) is 0 Å². The van der Waals surface area contributed by atoms with Crippen LogP contribution >= 0.6 is 0 Å². The Balaban J connectivity index is 1.50. The normalized spacial score (nSPS) is 14.3. The lowest BCUT2D eigenvalue weighted by atomic mass is 10.3. The number of aryl methyl sites for hydroxylation is 1. The molecule has 1 aliphatic heterocycles. The van der Waals surface area contributed by atoms with Gasteiger partial charge in [-0.15, -0.1) is 0 Å². The summed E-state index contributed by atoms with van der Waals surface area (Å²) >= 11 is 0. The van der Waals surface area contributed by atoms with E-state index in [1.54, 1.807) is 12.3 Å². The number of carbonyl (C=O) groups excluding carboxylic acids is 1. The fraction of sp³-hybridized carbons (Fsp3) is 0.389. The van der Waals surface area contributed by atoms with Crippen LogP contribution in [0.4, 0.5) is 11.5 Å². The third-order valence-electron chi connectivity index (χ3n) is 5.03. The number of hydrogen-bond donors (Lipinski definition) is 2. The lowest BCUT2D eigenvalue weighted by Gasteiger charge is -2.29. The largest absolute Gasteiger partial charge is 0.368 e. The first-order valence-electron chi connectivity index (χ1n) is 9.28. The second kappa shape index (κ2) is 7.51. The summed E-state index contributed by atoms with van der Waals surface area (Å²) in [7, 11) is 2.93. The molecule has 11 heteroatoms. The van der Waals surface area contributed by atoms with E-state index >= 15 is 0 Å². The van der Waals surface area contributed by atoms with Crippen molar-refractivity contribution < 1.29 is 4.79 Å². The number of aromatic nitrogens is 5. The number of pyridine rings is 1. The second-order valence-electron chi connectivity index (χ2n) is 6.94. The maximum absolute atomic E-state index is 12.5. The van der Waals surface area contributed by atoms with Crippen molar-refractivity contribution in [1.82, 2.24) is 29.0 Å². The zero-order chi connectivity index (χ0) is 20.5. The van der Waals surface area contributed by atoms with Crippen LogP contribution in [0, 0.1) is 0 Å². The van der Waals surface area contributed by atoms with Crippen molar-refractivity contribution in [2.45, 2.75) is 6.54 Å². The van der Waals surface area contributed by atoms with E-state index < -0.39 is 11.2 Å². The fourth-order valence-electron chi connectivity index (χ4n) is 3.42. The van der Waals surface area contributed by atoms with E-state index in [2.05, 4.69) is 25.5 Å². The predicted octanol–water partition coefficient (Wildman–Crippen LogP) is -1.12. The molecule has 3 aromatic rings. The van der Waals surface area contributed by atoms with Gasteiger partial charge in [0.1, 0.15) is 12.4 Å². The molecule has 1 aliphatic rings. The van der Waals surface area contributed by atoms with Crippen LogP contribution in [0.1, 0.15) is 0 Å². The van der Waals surface area contributed by atoms with Crippen LogP contribution in [-0.4, -0.2) is 55.8 Å². The van der Waals surface area contributed by atoms with Gasteiger partial charge in [0.25, 0.3) is 5.56 Å². The molecule has 0 aromatic carbocycles. The molecule has 4 heterocycles. The number of piperazine rings is 1. The van der Waals surface area contributed by atoms with E-state index in [1.165, 1.54) is 29.6 Å². The summed E-state index contributed by atoms with van der Waals surface area (Å²) in [4.78, 5) is 47.6. The molecule has 0 bridgehead atoms. The summed E-state index contributed by atoms with van der Waals surface area (Å²) in [6.07, 6.45) is 3.12. The minimum Gasteiger partial charge on any atom is -0.368 e. The Morgan fingerprint density at radius 3 is 2.59 bits per heavy atom. The standard InChI is InChI=1S/C18H22N8O3/c1-23-16-15(17(28)24(2)18(23)29)26(11-21-16)10-14(27)22-13-4-3-12(9-20-13)25-7-5-19-6-8-25/h3-4,9,11,19H,5-8,10H2,1-2H3,(H,20,22,27). The van der Waals surface area contributed by atoms with Crippen LogP contribution in [0.5, 0.6) is 0 Å². The van der Waals surface area contributed by atoms with E-state index in [0.717, 1.165) is 36.4 Å². The first-order valence-corrected chi connectivity index (χ1v) is 9.28. The molecule has 2 N–H and O–H groups in total. The fourth-order valence-corrected chi connectivity index (χ4v) is 3.42. The smallest absolute Gasteiger partial charge is 0.332 e. The highest BCUT2D eigenvalue weighted by Crippen LogP contribution is 2.15. The van der Waals surface area contributed by atoms with Crippen LogP contribution in [0.15, 0.2) is 34.2 Å². The molecule has 152 valence electrons. The Morgan fingerprint density at radius 1 is 1.14 bits per heavy atom. The summed E-state index contributed by atoms with van der Waals surface area (Å²) in [6.45, 7) is 3.58. The quantitative estimate of drug-likeness (QED) is 0.571. The van der Waals surface area contributed by atoms with Gasteiger partial charge in [0, 0.05) is 40.3 Å². The van der Waals surface area contributed by atoms with Gasteiger partial charge in [0.2, 0.25) is 5.91 Å². The lowest BCUT2D eigenvalue weighted by Crippen LogP contribution is -2.43. The number of rotatable bonds is 4. The highest BCUT2D eigenvalue weighted by atomic mass is 16.2. The van der Waals surface area contributed by atoms with Gasteiger partial charge >= 0.3 is 5.69 Å². The Kier molecular flexibility index (Phi) is 4.89. The molecular weight excluding hydrogens is 376 g/mol. The summed E-state index contributed by atoms with van der Waals surface area (Å²) in [5.41, 5.74) is 0.489. The van der Waals surface area contributed by atoms with Crippen LogP contribution in [-0.2, 0) is 25.4 Å². The monoisotopic (exact) mass is 398 g/mol. The molecule has 1 saturated heterocycles. The molecule has 0 aliphatic carbocycles. The molecule has 29 heavy (non-hydrogen) atoms. The van der Waals surface area contributed by atoms with Gasteiger partial charge in [0.15, 0.2) is 11.2 Å². The molecule has 11 nitrogen and oxygen atoms in total. The minimum absolute atomic E-state index is 0.120. The number of imidazole rings is 1. The van der Waals surface area contributed by atoms with Crippen LogP contribution in [0.3, 0.4) is 0 Å². The van der Waals surface area contributed by atoms with Gasteiger partial charge in [-0.25, -0.2) is 14.8 Å². The van der Waals surface area contributed by atoms with Crippen molar-refractivity contribution in [3.05, 3.63) is 45.5 Å². The molecule has 0 unspecified atom stereocenters. The van der Waals surface area contributed by atoms with Crippen molar-refractivity contribution in [3.63, 3.8) is 0 Å². The van der Waals surface area contributed by atoms with Gasteiger partial charge in [-0.1, -0.05) is 0 Å². The summed E-state index contributed by atoms with van der Waals surface area (Å²) < 4.78 is 3.71. The summed E-state index contributed by atoms with van der Waals surface area (Å²) in [5.74, 6) is 0.0845. The first kappa shape index (κ1) is 18.9. The van der Waals surface area contributed by atoms with Gasteiger partial charge in [-0.05, 0) is 12.1 Å². The highest BCUT2D eigenvalue weighted by Gasteiger charge is 2.16. The Bertz CT molecular complexity index is 1170. The number of anilines is 2. The average Bonchev–Trinajstić information content (AvgIpc) is 3.15. The zero-order valence-electron chi connectivity index (χ0n) is 16.3. The van der Waals surface area contributed by atoms with Crippen molar-refractivity contribution in [1.29, 1.82) is 0 Å². The van der Waals surface area contributed by atoms with E-state index in [1.807, 2.05) is 6.07 Å². The van der Waals surface area contributed by atoms with Crippen molar-refractivity contribution in [3.8, 4) is 0 Å². The maximum atomic E-state index is 12.5. The van der Waals surface area contributed by atoms with Crippen molar-refractivity contribution in [2.75, 3.05) is 36.4 Å². The van der Waals surface area contributed by atoms with Gasteiger partial charge < -0.3 is 20.1 Å². The number of fused-ring (bicyclic) bond motifs is 1. The minimum atomic E-state index is -0.494. The molecule has 3 aromatic heterocycles. The molecule has 0 atom stereocenters. The highest BCUT2D eigenvalue weighted by molar-refractivity contribution is 5.90. The Labute approximate surface area is 165 Å². The number of nitrogens with one attached hydrogen (secondary N) is 2. The maximum Gasteiger partial charge on any atom is 0.332 e. The summed E-state index contributed by atoms with van der Waals surface area (Å²) in [5, 5.41) is 6.03. The van der Waals surface area contributed by atoms with Gasteiger partial charge in [0.05, 0.1) is 18.2 Å². The van der Waals surface area contributed by atoms with E-state index in [9.17, 15) is 14.4 Å². The lowest BCUT2D eigenvalue weighted by molar-refractivity contribution is -0.116. The SMILES string of the molecule is Cn1c(=O)c2c(ncn2CC(=O)Nc2ccc(N3CCNCC3)cn2)n(C)c1=O. The van der Waals surface area contributed by atoms with Gasteiger partial charge in [-0.3, -0.25) is 18.7 Å². The van der Waals surface area contributed by atoms with Crippen molar-refractivity contribution in [2.24, 2.45) is 14.1 Å². The van der Waals surface area contributed by atoms with Crippen LogP contribution in [0.25, 0.3) is 11.2 Å². The summed E-state index contributed by atoms with van der Waals surface area (Å²) in [6, 6.07) is 3.68. The Hall–Kier alpha value is -3.47. The molecule has 0 saturated carbocycles. The van der Waals surface area contributed by atoms with Crippen molar-refractivity contribution >= 4 is 28.6 Å². The molecular formula is C18H22N8O3. The molecule has 0 spiro atoms. The van der Waals surface area contributed by atoms with Gasteiger partial charge in [-0.2, -0.15) is 0 Å². The third kappa shape index (κ3) is 3.51. The second-order valence-corrected chi connectivity index (χ2v) is 6.94. The molecule has 1 fully saturated rings. The van der Waals surface area contributed by atoms with E-state index in [-0.39, 0.29) is 23.6 Å². The topological polar surface area (TPSA) is 119 Å². The zero-order valence-corrected chi connectivity index (χ0v) is 16.3. The van der Waals surface area contributed by atoms with Crippen LogP contribution < -0.4 is 26.8 Å². The number of nitrogens with zero attached hydrogens (tertiary/aromatic N) is 6. The van der Waals surface area contributed by atoms with E-state index in [0.29, 0.717) is 5.82 Å². The molecule has 0 radical (unpaired) electrons. The third-order valence-corrected chi connectivity index (χ3v) is 5.03.